The number of carbonyl (C=O) groups is 1. The van der Waals surface area contributed by atoms with Crippen LogP contribution in [0.15, 0.2) is 18.5 Å². The molecule has 0 saturated carbocycles. The summed E-state index contributed by atoms with van der Waals surface area (Å²) in [6.07, 6.45) is 3.97. The van der Waals surface area contributed by atoms with Gasteiger partial charge in [-0.05, 0) is 45.9 Å². The van der Waals surface area contributed by atoms with Crippen LogP contribution < -0.4 is 10.6 Å². The second-order valence-corrected chi connectivity index (χ2v) is 5.69. The van der Waals surface area contributed by atoms with Gasteiger partial charge in [0.2, 0.25) is 5.91 Å². The van der Waals surface area contributed by atoms with Gasteiger partial charge < -0.3 is 15.2 Å². The molecule has 1 rings (SSSR count). The third-order valence-corrected chi connectivity index (χ3v) is 2.62. The van der Waals surface area contributed by atoms with Crippen molar-refractivity contribution in [2.45, 2.75) is 52.7 Å². The molecule has 0 saturated heterocycles. The number of amides is 1. The number of hydrogen-bond donors (Lipinski definition) is 2. The normalized spacial score (nSPS) is 13.4. The van der Waals surface area contributed by atoms with Crippen LogP contribution in [0.1, 0.15) is 46.2 Å². The van der Waals surface area contributed by atoms with Gasteiger partial charge in [-0.1, -0.05) is 6.92 Å². The molecular weight excluding hydrogens is 226 g/mol. The fourth-order valence-electron chi connectivity index (χ4n) is 1.86. The summed E-state index contributed by atoms with van der Waals surface area (Å²) in [6.45, 7) is 11.5. The van der Waals surface area contributed by atoms with Crippen LogP contribution in [0, 0.1) is 0 Å². The molecule has 18 heavy (non-hydrogen) atoms. The van der Waals surface area contributed by atoms with Crippen LogP contribution in [0.25, 0.3) is 0 Å². The van der Waals surface area contributed by atoms with Gasteiger partial charge in [-0.3, -0.25) is 4.79 Å². The maximum Gasteiger partial charge on any atom is 0.240 e. The van der Waals surface area contributed by atoms with Crippen LogP contribution in [-0.4, -0.2) is 22.6 Å². The lowest BCUT2D eigenvalue weighted by Crippen LogP contribution is -2.42. The Kier molecular flexibility index (Phi) is 4.96. The number of hydrogen-bond acceptors (Lipinski definition) is 2. The van der Waals surface area contributed by atoms with E-state index < -0.39 is 0 Å². The van der Waals surface area contributed by atoms with Crippen LogP contribution in [0.2, 0.25) is 0 Å². The quantitative estimate of drug-likeness (QED) is 0.841. The number of aromatic nitrogens is 1. The maximum absolute atomic E-state index is 11.8. The topological polar surface area (TPSA) is 46.1 Å². The van der Waals surface area contributed by atoms with Crippen LogP contribution in [0.4, 0.5) is 0 Å². The van der Waals surface area contributed by atoms with Crippen molar-refractivity contribution in [3.63, 3.8) is 0 Å². The summed E-state index contributed by atoms with van der Waals surface area (Å²) in [5.74, 6) is 0.0424. The van der Waals surface area contributed by atoms with Gasteiger partial charge in [0.25, 0.3) is 0 Å². The van der Waals surface area contributed by atoms with Gasteiger partial charge in [-0.25, -0.2) is 0 Å². The third-order valence-electron chi connectivity index (χ3n) is 2.62. The molecule has 0 aliphatic carbocycles. The summed E-state index contributed by atoms with van der Waals surface area (Å²) in [6, 6.07) is 2.37. The Labute approximate surface area is 110 Å². The van der Waals surface area contributed by atoms with Gasteiger partial charge in [-0.2, -0.15) is 0 Å². The highest BCUT2D eigenvalue weighted by atomic mass is 16.2. The minimum Gasteiger partial charge on any atom is -0.350 e. The van der Waals surface area contributed by atoms with E-state index in [1.165, 1.54) is 5.56 Å². The number of nitrogens with zero attached hydrogens (tertiary/aromatic N) is 1. The number of carbonyl (C=O) groups excluding carboxylic acids is 1. The molecule has 0 aromatic carbocycles. The highest BCUT2D eigenvalue weighted by molar-refractivity contribution is 5.76. The zero-order valence-corrected chi connectivity index (χ0v) is 12.1. The van der Waals surface area contributed by atoms with E-state index in [1.54, 1.807) is 0 Å². The Morgan fingerprint density at radius 2 is 2.11 bits per heavy atom. The first-order valence-electron chi connectivity index (χ1n) is 6.52. The Balaban J connectivity index is 2.56. The fraction of sp³-hybridized carbons (Fsp3) is 0.643. The Hall–Kier alpha value is -1.29. The lowest BCUT2D eigenvalue weighted by atomic mass is 10.1. The van der Waals surface area contributed by atoms with Crippen molar-refractivity contribution in [3.05, 3.63) is 24.0 Å². The average molecular weight is 251 g/mol. The standard InChI is InChI=1S/C14H25N3O/c1-6-15-11(2)12-7-8-17(9-12)10-13(18)16-14(3,4)5/h7-9,11,15H,6,10H2,1-5H3,(H,16,18). The number of rotatable bonds is 5. The molecule has 1 aromatic rings. The van der Waals surface area contributed by atoms with E-state index >= 15 is 0 Å². The lowest BCUT2D eigenvalue weighted by Gasteiger charge is -2.20. The minimum atomic E-state index is -0.176. The molecule has 4 nitrogen and oxygen atoms in total. The summed E-state index contributed by atoms with van der Waals surface area (Å²) >= 11 is 0. The molecule has 1 aromatic heterocycles. The molecule has 0 fully saturated rings. The van der Waals surface area contributed by atoms with Gasteiger partial charge in [0.1, 0.15) is 6.54 Å². The predicted molar refractivity (Wildman–Crippen MR) is 74.4 cm³/mol. The summed E-state index contributed by atoms with van der Waals surface area (Å²) in [4.78, 5) is 11.8. The SMILES string of the molecule is CCNC(C)c1ccn(CC(=O)NC(C)(C)C)c1. The average Bonchev–Trinajstić information content (AvgIpc) is 2.63. The molecule has 0 aliphatic heterocycles. The summed E-state index contributed by atoms with van der Waals surface area (Å²) < 4.78 is 1.92. The van der Waals surface area contributed by atoms with Crippen LogP contribution in [0.5, 0.6) is 0 Å². The van der Waals surface area contributed by atoms with Crippen molar-refractivity contribution in [1.29, 1.82) is 0 Å². The molecular formula is C14H25N3O. The second-order valence-electron chi connectivity index (χ2n) is 5.69. The molecule has 1 unspecified atom stereocenters. The fourth-order valence-corrected chi connectivity index (χ4v) is 1.86. The molecule has 0 bridgehead atoms. The van der Waals surface area contributed by atoms with E-state index in [-0.39, 0.29) is 11.4 Å². The molecule has 1 heterocycles. The van der Waals surface area contributed by atoms with Crippen LogP contribution >= 0.6 is 0 Å². The molecule has 0 aliphatic rings. The molecule has 1 amide bonds. The predicted octanol–water partition coefficient (Wildman–Crippen LogP) is 2.07. The van der Waals surface area contributed by atoms with Gasteiger partial charge in [0, 0.05) is 24.0 Å². The number of nitrogens with one attached hydrogen (secondary N) is 2. The molecule has 2 N–H and O–H groups in total. The molecule has 1 atom stereocenters. The highest BCUT2D eigenvalue weighted by Gasteiger charge is 2.14. The van der Waals surface area contributed by atoms with E-state index in [1.807, 2.05) is 37.7 Å². The first-order valence-corrected chi connectivity index (χ1v) is 6.52. The first-order chi connectivity index (χ1) is 8.31. The van der Waals surface area contributed by atoms with Crippen LogP contribution in [0.3, 0.4) is 0 Å². The first kappa shape index (κ1) is 14.8. The van der Waals surface area contributed by atoms with Crippen LogP contribution in [-0.2, 0) is 11.3 Å². The Bertz CT molecular complexity index is 390. The zero-order chi connectivity index (χ0) is 13.8. The largest absolute Gasteiger partial charge is 0.350 e. The van der Waals surface area contributed by atoms with Crippen molar-refractivity contribution in [3.8, 4) is 0 Å². The minimum absolute atomic E-state index is 0.0424. The second kappa shape index (κ2) is 6.05. The molecule has 0 radical (unpaired) electrons. The van der Waals surface area contributed by atoms with E-state index in [0.717, 1.165) is 6.54 Å². The lowest BCUT2D eigenvalue weighted by molar-refractivity contribution is -0.123. The van der Waals surface area contributed by atoms with Crippen molar-refractivity contribution >= 4 is 5.91 Å². The summed E-state index contributed by atoms with van der Waals surface area (Å²) in [7, 11) is 0. The summed E-state index contributed by atoms with van der Waals surface area (Å²) in [5, 5.41) is 6.31. The van der Waals surface area contributed by atoms with Crippen molar-refractivity contribution < 1.29 is 4.79 Å². The van der Waals surface area contributed by atoms with E-state index in [0.29, 0.717) is 12.6 Å². The summed E-state index contributed by atoms with van der Waals surface area (Å²) in [5.41, 5.74) is 1.03. The van der Waals surface area contributed by atoms with Gasteiger partial charge in [0.05, 0.1) is 0 Å². The van der Waals surface area contributed by atoms with E-state index in [9.17, 15) is 4.79 Å². The molecule has 4 heteroatoms. The third kappa shape index (κ3) is 4.92. The maximum atomic E-state index is 11.8. The van der Waals surface area contributed by atoms with E-state index in [4.69, 9.17) is 0 Å². The monoisotopic (exact) mass is 251 g/mol. The van der Waals surface area contributed by atoms with E-state index in [2.05, 4.69) is 30.5 Å². The van der Waals surface area contributed by atoms with Gasteiger partial charge >= 0.3 is 0 Å². The highest BCUT2D eigenvalue weighted by Crippen LogP contribution is 2.12. The van der Waals surface area contributed by atoms with Gasteiger partial charge in [-0.15, -0.1) is 0 Å². The molecule has 102 valence electrons. The van der Waals surface area contributed by atoms with Crippen molar-refractivity contribution in [1.82, 2.24) is 15.2 Å². The smallest absolute Gasteiger partial charge is 0.240 e. The van der Waals surface area contributed by atoms with Crippen molar-refractivity contribution in [2.24, 2.45) is 0 Å². The van der Waals surface area contributed by atoms with Gasteiger partial charge in [0.15, 0.2) is 0 Å². The Morgan fingerprint density at radius 3 is 2.67 bits per heavy atom. The zero-order valence-electron chi connectivity index (χ0n) is 12.1. The molecule has 0 spiro atoms. The van der Waals surface area contributed by atoms with Crippen molar-refractivity contribution in [2.75, 3.05) is 6.54 Å². The Morgan fingerprint density at radius 1 is 1.44 bits per heavy atom.